The van der Waals surface area contributed by atoms with Gasteiger partial charge in [-0.15, -0.1) is 0 Å². The van der Waals surface area contributed by atoms with Crippen LogP contribution in [0.25, 0.3) is 0 Å². The number of amides is 1. The minimum absolute atomic E-state index is 0.0695. The molecule has 1 amide bonds. The van der Waals surface area contributed by atoms with Crippen LogP contribution in [0.5, 0.6) is 0 Å². The summed E-state index contributed by atoms with van der Waals surface area (Å²) in [6, 6.07) is 6.85. The Bertz CT molecular complexity index is 1160. The maximum Gasteiger partial charge on any atom is 0.430 e. The Kier molecular flexibility index (Phi) is 6.79. The molecule has 1 fully saturated rings. The number of aliphatic hydroxyl groups is 1. The predicted molar refractivity (Wildman–Crippen MR) is 111 cm³/mol. The number of carbonyl (C=O) groups is 1. The van der Waals surface area contributed by atoms with Gasteiger partial charge in [0, 0.05) is 11.3 Å². The maximum atomic E-state index is 13.0. The molecule has 0 heterocycles. The van der Waals surface area contributed by atoms with E-state index in [1.165, 1.54) is 18.2 Å². The van der Waals surface area contributed by atoms with Crippen molar-refractivity contribution in [3.63, 3.8) is 0 Å². The monoisotopic (exact) mass is 509 g/mol. The Hall–Kier alpha value is -2.60. The largest absolute Gasteiger partial charge is 0.430 e. The molecular formula is C22H21F6NO4S. The number of halogens is 6. The third kappa shape index (κ3) is 5.38. The molecule has 2 aromatic rings. The van der Waals surface area contributed by atoms with E-state index in [-0.39, 0.29) is 28.7 Å². The topological polar surface area (TPSA) is 83.5 Å². The summed E-state index contributed by atoms with van der Waals surface area (Å²) in [7, 11) is -3.43. The molecule has 0 bridgehead atoms. The number of alkyl halides is 6. The highest BCUT2D eigenvalue weighted by molar-refractivity contribution is 7.91. The van der Waals surface area contributed by atoms with Gasteiger partial charge in [0.25, 0.3) is 5.60 Å². The van der Waals surface area contributed by atoms with Crippen LogP contribution in [-0.2, 0) is 26.7 Å². The van der Waals surface area contributed by atoms with Crippen molar-refractivity contribution >= 4 is 21.4 Å². The van der Waals surface area contributed by atoms with E-state index in [0.717, 1.165) is 25.0 Å². The van der Waals surface area contributed by atoms with Crippen LogP contribution in [0, 0.1) is 12.8 Å². The van der Waals surface area contributed by atoms with Crippen molar-refractivity contribution in [1.82, 2.24) is 0 Å². The zero-order valence-corrected chi connectivity index (χ0v) is 18.6. The second-order valence-electron chi connectivity index (χ2n) is 8.32. The average Bonchev–Trinajstić information content (AvgIpc) is 3.51. The van der Waals surface area contributed by atoms with Gasteiger partial charge in [-0.05, 0) is 61.1 Å². The molecule has 1 aliphatic carbocycles. The first-order chi connectivity index (χ1) is 15.5. The van der Waals surface area contributed by atoms with Crippen LogP contribution in [0.15, 0.2) is 47.4 Å². The summed E-state index contributed by atoms with van der Waals surface area (Å²) in [5, 5.41) is 11.8. The van der Waals surface area contributed by atoms with E-state index in [4.69, 9.17) is 0 Å². The van der Waals surface area contributed by atoms with Crippen LogP contribution < -0.4 is 5.32 Å². The van der Waals surface area contributed by atoms with Crippen LogP contribution in [0.2, 0.25) is 0 Å². The van der Waals surface area contributed by atoms with E-state index < -0.39 is 39.3 Å². The fraction of sp³-hybridized carbons (Fsp3) is 0.409. The molecule has 186 valence electrons. The molecule has 0 aromatic heterocycles. The Labute approximate surface area is 191 Å². The lowest BCUT2D eigenvalue weighted by atomic mass is 9.92. The molecule has 0 aliphatic heterocycles. The lowest BCUT2D eigenvalue weighted by Crippen LogP contribution is -2.53. The van der Waals surface area contributed by atoms with Crippen LogP contribution >= 0.6 is 0 Å². The van der Waals surface area contributed by atoms with E-state index >= 15 is 0 Å². The number of hydrogen-bond donors (Lipinski definition) is 2. The fourth-order valence-corrected chi connectivity index (χ4v) is 5.19. The summed E-state index contributed by atoms with van der Waals surface area (Å²) in [4.78, 5) is 12.5. The van der Waals surface area contributed by atoms with Crippen molar-refractivity contribution in [2.45, 2.75) is 49.0 Å². The van der Waals surface area contributed by atoms with Crippen molar-refractivity contribution in [3.05, 3.63) is 59.2 Å². The second-order valence-corrected chi connectivity index (χ2v) is 10.4. The number of nitrogens with one attached hydrogen (secondary N) is 1. The molecule has 1 saturated carbocycles. The molecule has 34 heavy (non-hydrogen) atoms. The fourth-order valence-electron chi connectivity index (χ4n) is 3.41. The molecular weight excluding hydrogens is 488 g/mol. The molecule has 3 rings (SSSR count). The maximum absolute atomic E-state index is 13.0. The van der Waals surface area contributed by atoms with Gasteiger partial charge in [-0.3, -0.25) is 4.79 Å². The number of hydrogen-bond acceptors (Lipinski definition) is 4. The summed E-state index contributed by atoms with van der Waals surface area (Å²) in [5.41, 5.74) is -5.53. The van der Waals surface area contributed by atoms with Gasteiger partial charge in [-0.1, -0.05) is 18.2 Å². The van der Waals surface area contributed by atoms with Crippen molar-refractivity contribution < 1.29 is 44.7 Å². The minimum Gasteiger partial charge on any atom is -0.369 e. The first kappa shape index (κ1) is 26.0. The van der Waals surface area contributed by atoms with E-state index in [0.29, 0.717) is 23.3 Å². The minimum atomic E-state index is -6.01. The van der Waals surface area contributed by atoms with E-state index in [2.05, 4.69) is 5.32 Å². The summed E-state index contributed by atoms with van der Waals surface area (Å²) in [6.07, 6.45) is -10.5. The Balaban J connectivity index is 1.71. The van der Waals surface area contributed by atoms with Crippen molar-refractivity contribution in [2.24, 2.45) is 5.92 Å². The zero-order valence-electron chi connectivity index (χ0n) is 17.8. The number of carbonyl (C=O) groups excluding carboxylic acids is 1. The molecule has 0 saturated heterocycles. The highest BCUT2D eigenvalue weighted by Crippen LogP contribution is 2.50. The molecule has 2 N–H and O–H groups in total. The SMILES string of the molecule is Cc1cc(S(=O)(=O)CC2CC2)ccc1CC(=O)Nc1ccc(C(O)(C(F)(F)F)C(F)(F)F)cc1. The highest BCUT2D eigenvalue weighted by Gasteiger charge is 2.71. The van der Waals surface area contributed by atoms with Gasteiger partial charge in [0.2, 0.25) is 5.91 Å². The molecule has 0 radical (unpaired) electrons. The standard InChI is InChI=1S/C22H21F6NO4S/c1-13-10-18(34(32,33)12-14-2-3-14)9-4-15(13)11-19(30)29-17-7-5-16(6-8-17)20(31,21(23,24)25)22(26,27)28/h4-10,14,31H,2-3,11-12H2,1H3,(H,29,30). The predicted octanol–water partition coefficient (Wildman–Crippen LogP) is 4.67. The third-order valence-corrected chi connectivity index (χ3v) is 7.47. The molecule has 0 atom stereocenters. The number of sulfone groups is 1. The smallest absolute Gasteiger partial charge is 0.369 e. The highest BCUT2D eigenvalue weighted by atomic mass is 32.2. The first-order valence-electron chi connectivity index (χ1n) is 10.1. The Morgan fingerprint density at radius 2 is 1.56 bits per heavy atom. The normalized spacial score (nSPS) is 15.3. The van der Waals surface area contributed by atoms with Gasteiger partial charge in [0.1, 0.15) is 0 Å². The number of benzene rings is 2. The number of aryl methyl sites for hydroxylation is 1. The lowest BCUT2D eigenvalue weighted by molar-refractivity contribution is -0.376. The zero-order chi connectivity index (χ0) is 25.5. The van der Waals surface area contributed by atoms with Crippen LogP contribution in [0.3, 0.4) is 0 Å². The molecule has 0 spiro atoms. The Morgan fingerprint density at radius 3 is 2.03 bits per heavy atom. The number of rotatable bonds is 7. The quantitative estimate of drug-likeness (QED) is 0.532. The van der Waals surface area contributed by atoms with Gasteiger partial charge in [0.05, 0.1) is 17.1 Å². The van der Waals surface area contributed by atoms with Crippen molar-refractivity contribution in [1.29, 1.82) is 0 Å². The van der Waals surface area contributed by atoms with E-state index in [1.807, 2.05) is 0 Å². The van der Waals surface area contributed by atoms with Gasteiger partial charge in [0.15, 0.2) is 9.84 Å². The average molecular weight is 509 g/mol. The van der Waals surface area contributed by atoms with Gasteiger partial charge in [-0.2, -0.15) is 26.3 Å². The lowest BCUT2D eigenvalue weighted by Gasteiger charge is -2.32. The van der Waals surface area contributed by atoms with Gasteiger partial charge in [-0.25, -0.2) is 8.42 Å². The molecule has 0 unspecified atom stereocenters. The molecule has 1 aliphatic rings. The van der Waals surface area contributed by atoms with E-state index in [9.17, 15) is 44.7 Å². The molecule has 2 aromatic carbocycles. The summed E-state index contributed by atoms with van der Waals surface area (Å²) < 4.78 is 103. The van der Waals surface area contributed by atoms with Crippen molar-refractivity contribution in [2.75, 3.05) is 11.1 Å². The van der Waals surface area contributed by atoms with Crippen molar-refractivity contribution in [3.8, 4) is 0 Å². The Morgan fingerprint density at radius 1 is 1.00 bits per heavy atom. The second kappa shape index (κ2) is 8.88. The molecule has 12 heteroatoms. The molecule has 5 nitrogen and oxygen atoms in total. The van der Waals surface area contributed by atoms with Gasteiger partial charge < -0.3 is 10.4 Å². The van der Waals surface area contributed by atoms with Crippen LogP contribution in [0.4, 0.5) is 32.0 Å². The summed E-state index contributed by atoms with van der Waals surface area (Å²) in [6.45, 7) is 1.63. The number of anilines is 1. The first-order valence-corrected chi connectivity index (χ1v) is 11.8. The van der Waals surface area contributed by atoms with E-state index in [1.54, 1.807) is 6.92 Å². The van der Waals surface area contributed by atoms with Crippen LogP contribution in [0.1, 0.15) is 29.5 Å². The van der Waals surface area contributed by atoms with Crippen LogP contribution in [-0.4, -0.2) is 37.5 Å². The summed E-state index contributed by atoms with van der Waals surface area (Å²) in [5.74, 6) is -0.378. The third-order valence-electron chi connectivity index (χ3n) is 5.58. The summed E-state index contributed by atoms with van der Waals surface area (Å²) >= 11 is 0. The van der Waals surface area contributed by atoms with Gasteiger partial charge >= 0.3 is 12.4 Å².